The number of methoxy groups -OCH3 is 1. The molecule has 1 aliphatic rings. The average molecular weight is 445 g/mol. The molecule has 0 unspecified atom stereocenters. The number of nitrogens with zero attached hydrogens (tertiary/aromatic N) is 1. The Morgan fingerprint density at radius 2 is 1.77 bits per heavy atom. The summed E-state index contributed by atoms with van der Waals surface area (Å²) in [5, 5.41) is 5.24. The van der Waals surface area contributed by atoms with E-state index in [4.69, 9.17) is 4.74 Å². The van der Waals surface area contributed by atoms with Gasteiger partial charge in [0, 0.05) is 24.7 Å². The molecule has 1 aliphatic heterocycles. The molecular weight excluding hydrogens is 422 g/mol. The van der Waals surface area contributed by atoms with Crippen LogP contribution in [-0.4, -0.2) is 43.6 Å². The maximum absolute atomic E-state index is 13.2. The zero-order valence-corrected chi connectivity index (χ0v) is 18.2. The third-order valence-corrected chi connectivity index (χ3v) is 6.66. The van der Waals surface area contributed by atoms with Crippen LogP contribution in [0.1, 0.15) is 25.3 Å². The number of hydrogen-bond acceptors (Lipinski definition) is 6. The average Bonchev–Trinajstić information content (AvgIpc) is 3.10. The van der Waals surface area contributed by atoms with Gasteiger partial charge < -0.3 is 15.4 Å². The van der Waals surface area contributed by atoms with Crippen molar-refractivity contribution in [3.63, 3.8) is 0 Å². The molecule has 0 saturated carbocycles. The predicted molar refractivity (Wildman–Crippen MR) is 114 cm³/mol. The normalized spacial score (nSPS) is 16.2. The molecule has 0 aromatic heterocycles. The molecule has 1 fully saturated rings. The van der Waals surface area contributed by atoms with Crippen LogP contribution in [0.5, 0.6) is 5.75 Å². The summed E-state index contributed by atoms with van der Waals surface area (Å²) in [4.78, 5) is 36.4. The number of sulfonamides is 1. The lowest BCUT2D eigenvalue weighted by molar-refractivity contribution is -0.128. The molecule has 2 aromatic rings. The monoisotopic (exact) mass is 445 g/mol. The smallest absolute Gasteiger partial charge is 0.267 e. The molecule has 0 bridgehead atoms. The molecule has 10 heteroatoms. The predicted octanol–water partition coefficient (Wildman–Crippen LogP) is 2.28. The molecule has 2 aromatic carbocycles. The molecule has 0 spiro atoms. The van der Waals surface area contributed by atoms with Gasteiger partial charge in [-0.15, -0.1) is 0 Å². The van der Waals surface area contributed by atoms with Gasteiger partial charge in [0.25, 0.3) is 10.0 Å². The summed E-state index contributed by atoms with van der Waals surface area (Å²) < 4.78 is 32.2. The number of carbonyl (C=O) groups excluding carboxylic acids is 3. The third-order valence-electron chi connectivity index (χ3n) is 4.84. The molecule has 3 amide bonds. The van der Waals surface area contributed by atoms with Crippen molar-refractivity contribution in [1.29, 1.82) is 0 Å². The summed E-state index contributed by atoms with van der Waals surface area (Å²) in [6.07, 6.45) is 0.0167. The van der Waals surface area contributed by atoms with E-state index in [0.29, 0.717) is 27.0 Å². The van der Waals surface area contributed by atoms with Crippen LogP contribution in [0, 0.1) is 6.92 Å². The van der Waals surface area contributed by atoms with Crippen molar-refractivity contribution in [3.8, 4) is 5.75 Å². The minimum atomic E-state index is -4.24. The van der Waals surface area contributed by atoms with Crippen LogP contribution in [0.15, 0.2) is 47.4 Å². The summed E-state index contributed by atoms with van der Waals surface area (Å²) in [5.41, 5.74) is 1.44. The van der Waals surface area contributed by atoms with Crippen LogP contribution in [-0.2, 0) is 24.4 Å². The largest absolute Gasteiger partial charge is 0.496 e. The van der Waals surface area contributed by atoms with Crippen LogP contribution in [0.2, 0.25) is 0 Å². The van der Waals surface area contributed by atoms with Crippen molar-refractivity contribution in [3.05, 3.63) is 48.0 Å². The van der Waals surface area contributed by atoms with Crippen molar-refractivity contribution in [2.24, 2.45) is 0 Å². The summed E-state index contributed by atoms with van der Waals surface area (Å²) in [6.45, 7) is 3.05. The second kappa shape index (κ2) is 8.76. The molecular formula is C21H23N3O6S. The number of anilines is 2. The highest BCUT2D eigenvalue weighted by molar-refractivity contribution is 7.89. The van der Waals surface area contributed by atoms with Crippen LogP contribution >= 0.6 is 0 Å². The fourth-order valence-corrected chi connectivity index (χ4v) is 5.12. The molecule has 9 nitrogen and oxygen atoms in total. The Kier molecular flexibility index (Phi) is 6.30. The number of hydrogen-bond donors (Lipinski definition) is 2. The van der Waals surface area contributed by atoms with Gasteiger partial charge in [0.2, 0.25) is 17.7 Å². The number of carbonyl (C=O) groups is 3. The summed E-state index contributed by atoms with van der Waals surface area (Å²) in [7, 11) is -2.76. The number of aryl methyl sites for hydroxylation is 1. The lowest BCUT2D eigenvalue weighted by atomic mass is 10.2. The Bertz CT molecular complexity index is 1150. The molecule has 1 atom stereocenters. The molecule has 164 valence electrons. The third kappa shape index (κ3) is 4.69. The van der Waals surface area contributed by atoms with E-state index in [-0.39, 0.29) is 23.6 Å². The highest BCUT2D eigenvalue weighted by Gasteiger charge is 2.44. The van der Waals surface area contributed by atoms with Crippen LogP contribution in [0.25, 0.3) is 0 Å². The Labute approximate surface area is 180 Å². The topological polar surface area (TPSA) is 122 Å². The zero-order chi connectivity index (χ0) is 22.8. The maximum Gasteiger partial charge on any atom is 0.267 e. The van der Waals surface area contributed by atoms with Gasteiger partial charge in [0.15, 0.2) is 0 Å². The first-order valence-electron chi connectivity index (χ1n) is 9.54. The highest BCUT2D eigenvalue weighted by atomic mass is 32.2. The van der Waals surface area contributed by atoms with Gasteiger partial charge in [-0.1, -0.05) is 6.07 Å². The standard InChI is InChI=1S/C21H23N3O6S/c1-13-11-17(7-9-19(13)30-3)31(28,29)24-18(8-10-20(24)26)21(27)23-16-6-4-5-15(12-16)22-14(2)25/h4-7,9,11-12,18H,8,10H2,1-3H3,(H,22,25)(H,23,27)/t18-/m0/s1. The van der Waals surface area contributed by atoms with Crippen LogP contribution < -0.4 is 15.4 Å². The second-order valence-electron chi connectivity index (χ2n) is 7.13. The van der Waals surface area contributed by atoms with E-state index in [0.717, 1.165) is 0 Å². The summed E-state index contributed by atoms with van der Waals surface area (Å²) in [5.74, 6) is -1.02. The van der Waals surface area contributed by atoms with Gasteiger partial charge in [-0.05, 0) is 55.3 Å². The quantitative estimate of drug-likeness (QED) is 0.704. The Morgan fingerprint density at radius 1 is 1.10 bits per heavy atom. The maximum atomic E-state index is 13.2. The van der Waals surface area contributed by atoms with E-state index in [9.17, 15) is 22.8 Å². The molecule has 3 rings (SSSR count). The van der Waals surface area contributed by atoms with E-state index in [1.165, 1.54) is 32.2 Å². The van der Waals surface area contributed by atoms with E-state index >= 15 is 0 Å². The van der Waals surface area contributed by atoms with Gasteiger partial charge in [-0.3, -0.25) is 14.4 Å². The van der Waals surface area contributed by atoms with Crippen molar-refractivity contribution in [1.82, 2.24) is 4.31 Å². The van der Waals surface area contributed by atoms with Crippen LogP contribution in [0.4, 0.5) is 11.4 Å². The summed E-state index contributed by atoms with van der Waals surface area (Å²) >= 11 is 0. The van der Waals surface area contributed by atoms with Gasteiger partial charge in [0.05, 0.1) is 12.0 Å². The zero-order valence-electron chi connectivity index (χ0n) is 17.3. The second-order valence-corrected chi connectivity index (χ2v) is 8.95. The molecule has 1 saturated heterocycles. The van der Waals surface area contributed by atoms with Crippen LogP contribution in [0.3, 0.4) is 0 Å². The Hall–Kier alpha value is -3.40. The first-order chi connectivity index (χ1) is 14.6. The van der Waals surface area contributed by atoms with E-state index < -0.39 is 27.9 Å². The first-order valence-corrected chi connectivity index (χ1v) is 11.0. The summed E-state index contributed by atoms with van der Waals surface area (Å²) in [6, 6.07) is 9.52. The number of ether oxygens (including phenoxy) is 1. The van der Waals surface area contributed by atoms with Crippen molar-refractivity contribution in [2.45, 2.75) is 37.6 Å². The first kappa shape index (κ1) is 22.3. The number of nitrogens with one attached hydrogen (secondary N) is 2. The van der Waals surface area contributed by atoms with Crippen molar-refractivity contribution < 1.29 is 27.5 Å². The van der Waals surface area contributed by atoms with E-state index in [1.807, 2.05) is 0 Å². The van der Waals surface area contributed by atoms with E-state index in [1.54, 1.807) is 31.2 Å². The molecule has 2 N–H and O–H groups in total. The van der Waals surface area contributed by atoms with Gasteiger partial charge >= 0.3 is 0 Å². The fourth-order valence-electron chi connectivity index (χ4n) is 3.43. The lowest BCUT2D eigenvalue weighted by Crippen LogP contribution is -2.45. The SMILES string of the molecule is COc1ccc(S(=O)(=O)N2C(=O)CC[C@H]2C(=O)Nc2cccc(NC(C)=O)c2)cc1C. The van der Waals surface area contributed by atoms with E-state index in [2.05, 4.69) is 10.6 Å². The molecule has 0 aliphatic carbocycles. The minimum Gasteiger partial charge on any atom is -0.496 e. The highest BCUT2D eigenvalue weighted by Crippen LogP contribution is 2.30. The number of benzene rings is 2. The van der Waals surface area contributed by atoms with Crippen molar-refractivity contribution in [2.75, 3.05) is 17.7 Å². The molecule has 1 heterocycles. The Morgan fingerprint density at radius 3 is 2.39 bits per heavy atom. The van der Waals surface area contributed by atoms with Gasteiger partial charge in [0.1, 0.15) is 11.8 Å². The molecule has 31 heavy (non-hydrogen) atoms. The number of amides is 3. The molecule has 0 radical (unpaired) electrons. The lowest BCUT2D eigenvalue weighted by Gasteiger charge is -2.24. The minimum absolute atomic E-state index is 0.0572. The van der Waals surface area contributed by atoms with Crippen molar-refractivity contribution >= 4 is 39.1 Å². The Balaban J connectivity index is 1.86. The fraction of sp³-hybridized carbons (Fsp3) is 0.286. The number of rotatable bonds is 6. The van der Waals surface area contributed by atoms with Gasteiger partial charge in [-0.25, -0.2) is 12.7 Å². The van der Waals surface area contributed by atoms with Gasteiger partial charge in [-0.2, -0.15) is 0 Å².